The van der Waals surface area contributed by atoms with Gasteiger partial charge in [0.2, 0.25) is 5.95 Å². The SMILES string of the molecule is Cn1cc(-c2cnc(Nc3cccc(Cn4nc(-c5cccnc5)ccc4=O)c3)nc2)cn1. The first kappa shape index (κ1) is 20.3. The van der Waals surface area contributed by atoms with Crippen LogP contribution in [0.1, 0.15) is 5.56 Å². The molecule has 4 heterocycles. The first-order valence-electron chi connectivity index (χ1n) is 10.3. The van der Waals surface area contributed by atoms with Gasteiger partial charge in [-0.2, -0.15) is 10.2 Å². The van der Waals surface area contributed by atoms with Gasteiger partial charge in [-0.05, 0) is 35.9 Å². The van der Waals surface area contributed by atoms with E-state index in [0.717, 1.165) is 27.9 Å². The molecule has 0 fully saturated rings. The van der Waals surface area contributed by atoms with Crippen LogP contribution in [0.5, 0.6) is 0 Å². The van der Waals surface area contributed by atoms with E-state index in [9.17, 15) is 4.79 Å². The highest BCUT2D eigenvalue weighted by atomic mass is 16.1. The number of rotatable bonds is 6. The zero-order chi connectivity index (χ0) is 22.6. The predicted octanol–water partition coefficient (Wildman–Crippen LogP) is 3.29. The molecule has 33 heavy (non-hydrogen) atoms. The number of aromatic nitrogens is 7. The molecule has 0 amide bonds. The molecule has 1 N–H and O–H groups in total. The minimum absolute atomic E-state index is 0.171. The normalized spacial score (nSPS) is 10.8. The van der Waals surface area contributed by atoms with Crippen molar-refractivity contribution < 1.29 is 0 Å². The average molecular weight is 436 g/mol. The molecule has 0 aliphatic heterocycles. The molecule has 0 atom stereocenters. The molecule has 0 aliphatic carbocycles. The Labute approximate surface area is 189 Å². The van der Waals surface area contributed by atoms with Crippen molar-refractivity contribution in [3.05, 3.63) is 102 Å². The molecule has 1 aromatic carbocycles. The summed E-state index contributed by atoms with van der Waals surface area (Å²) >= 11 is 0. The molecule has 0 saturated carbocycles. The van der Waals surface area contributed by atoms with Crippen LogP contribution < -0.4 is 10.9 Å². The zero-order valence-electron chi connectivity index (χ0n) is 17.8. The Morgan fingerprint density at radius 3 is 2.55 bits per heavy atom. The monoisotopic (exact) mass is 436 g/mol. The molecular weight excluding hydrogens is 416 g/mol. The Hall–Kier alpha value is -4.66. The highest BCUT2D eigenvalue weighted by Crippen LogP contribution is 2.19. The Morgan fingerprint density at radius 1 is 0.909 bits per heavy atom. The van der Waals surface area contributed by atoms with Gasteiger partial charge in [0, 0.05) is 66.5 Å². The van der Waals surface area contributed by atoms with E-state index in [0.29, 0.717) is 18.2 Å². The molecule has 0 radical (unpaired) electrons. The number of nitrogens with one attached hydrogen (secondary N) is 1. The van der Waals surface area contributed by atoms with Crippen LogP contribution in [0.25, 0.3) is 22.4 Å². The summed E-state index contributed by atoms with van der Waals surface area (Å²) in [4.78, 5) is 25.3. The van der Waals surface area contributed by atoms with Crippen LogP contribution >= 0.6 is 0 Å². The van der Waals surface area contributed by atoms with Crippen molar-refractivity contribution in [1.29, 1.82) is 0 Å². The van der Waals surface area contributed by atoms with Crippen molar-refractivity contribution >= 4 is 11.6 Å². The lowest BCUT2D eigenvalue weighted by molar-refractivity contribution is 0.643. The largest absolute Gasteiger partial charge is 0.324 e. The molecule has 0 aliphatic rings. The van der Waals surface area contributed by atoms with E-state index >= 15 is 0 Å². The third-order valence-corrected chi connectivity index (χ3v) is 5.03. The molecule has 0 saturated heterocycles. The number of pyridine rings is 1. The van der Waals surface area contributed by atoms with Gasteiger partial charge < -0.3 is 5.32 Å². The summed E-state index contributed by atoms with van der Waals surface area (Å²) in [5, 5.41) is 11.9. The summed E-state index contributed by atoms with van der Waals surface area (Å²) in [7, 11) is 1.87. The van der Waals surface area contributed by atoms with Gasteiger partial charge in [-0.25, -0.2) is 14.6 Å². The van der Waals surface area contributed by atoms with Gasteiger partial charge in [0.1, 0.15) is 0 Å². The smallest absolute Gasteiger partial charge is 0.267 e. The summed E-state index contributed by atoms with van der Waals surface area (Å²) in [5.41, 5.74) is 4.96. The molecule has 0 unspecified atom stereocenters. The van der Waals surface area contributed by atoms with E-state index in [2.05, 4.69) is 30.5 Å². The zero-order valence-corrected chi connectivity index (χ0v) is 17.8. The number of aryl methyl sites for hydroxylation is 1. The van der Waals surface area contributed by atoms with Gasteiger partial charge in [0.25, 0.3) is 5.56 Å². The van der Waals surface area contributed by atoms with Crippen LogP contribution in [-0.4, -0.2) is 34.5 Å². The molecule has 5 rings (SSSR count). The van der Waals surface area contributed by atoms with E-state index in [4.69, 9.17) is 0 Å². The molecule has 4 aromatic heterocycles. The van der Waals surface area contributed by atoms with Crippen LogP contribution in [0.4, 0.5) is 11.6 Å². The van der Waals surface area contributed by atoms with Crippen molar-refractivity contribution in [1.82, 2.24) is 34.5 Å². The van der Waals surface area contributed by atoms with Gasteiger partial charge in [-0.1, -0.05) is 12.1 Å². The number of nitrogens with zero attached hydrogens (tertiary/aromatic N) is 7. The topological polar surface area (TPSA) is 103 Å². The van der Waals surface area contributed by atoms with Crippen LogP contribution in [-0.2, 0) is 13.6 Å². The standard InChI is InChI=1S/C24H20N8O/c1-31-16-20(14-28-31)19-12-26-24(27-13-19)29-21-6-2-4-17(10-21)15-32-23(33)8-7-22(30-32)18-5-3-9-25-11-18/h2-14,16H,15H2,1H3,(H,26,27,29). The maximum absolute atomic E-state index is 12.4. The second kappa shape index (κ2) is 8.83. The van der Waals surface area contributed by atoms with Gasteiger partial charge in [-0.3, -0.25) is 14.5 Å². The molecular formula is C24H20N8O. The second-order valence-electron chi connectivity index (χ2n) is 7.48. The highest BCUT2D eigenvalue weighted by Gasteiger charge is 2.07. The van der Waals surface area contributed by atoms with E-state index in [1.807, 2.05) is 49.6 Å². The highest BCUT2D eigenvalue weighted by molar-refractivity contribution is 5.61. The molecule has 9 nitrogen and oxygen atoms in total. The van der Waals surface area contributed by atoms with Crippen molar-refractivity contribution in [3.63, 3.8) is 0 Å². The molecule has 0 bridgehead atoms. The minimum Gasteiger partial charge on any atom is -0.324 e. The number of hydrogen-bond acceptors (Lipinski definition) is 7. The Kier molecular flexibility index (Phi) is 5.42. The lowest BCUT2D eigenvalue weighted by Gasteiger charge is -2.10. The van der Waals surface area contributed by atoms with E-state index in [1.165, 1.54) is 10.7 Å². The van der Waals surface area contributed by atoms with E-state index in [1.54, 1.807) is 41.7 Å². The maximum atomic E-state index is 12.4. The third-order valence-electron chi connectivity index (χ3n) is 5.03. The van der Waals surface area contributed by atoms with Gasteiger partial charge in [0.15, 0.2) is 0 Å². The van der Waals surface area contributed by atoms with E-state index < -0.39 is 0 Å². The van der Waals surface area contributed by atoms with Crippen LogP contribution in [0.2, 0.25) is 0 Å². The van der Waals surface area contributed by atoms with Gasteiger partial charge in [0.05, 0.1) is 18.4 Å². The van der Waals surface area contributed by atoms with E-state index in [-0.39, 0.29) is 5.56 Å². The number of anilines is 2. The van der Waals surface area contributed by atoms with Crippen LogP contribution in [0.3, 0.4) is 0 Å². The van der Waals surface area contributed by atoms with Crippen LogP contribution in [0.15, 0.2) is 90.5 Å². The van der Waals surface area contributed by atoms with Crippen molar-refractivity contribution in [2.24, 2.45) is 7.05 Å². The minimum atomic E-state index is -0.171. The number of hydrogen-bond donors (Lipinski definition) is 1. The van der Waals surface area contributed by atoms with Gasteiger partial charge in [-0.15, -0.1) is 0 Å². The average Bonchev–Trinajstić information content (AvgIpc) is 3.28. The van der Waals surface area contributed by atoms with Gasteiger partial charge >= 0.3 is 0 Å². The fourth-order valence-electron chi connectivity index (χ4n) is 3.39. The Morgan fingerprint density at radius 2 is 1.79 bits per heavy atom. The quantitative estimate of drug-likeness (QED) is 0.436. The summed E-state index contributed by atoms with van der Waals surface area (Å²) in [6.07, 6.45) is 10.6. The molecule has 0 spiro atoms. The fourth-order valence-corrected chi connectivity index (χ4v) is 3.39. The summed E-state index contributed by atoms with van der Waals surface area (Å²) in [6.45, 7) is 0.337. The Balaban J connectivity index is 1.33. The van der Waals surface area contributed by atoms with Crippen molar-refractivity contribution in [2.75, 3.05) is 5.32 Å². The first-order chi connectivity index (χ1) is 16.1. The summed E-state index contributed by atoms with van der Waals surface area (Å²) in [5.74, 6) is 0.480. The molecule has 9 heteroatoms. The molecule has 162 valence electrons. The first-order valence-corrected chi connectivity index (χ1v) is 10.3. The lowest BCUT2D eigenvalue weighted by Crippen LogP contribution is -2.22. The van der Waals surface area contributed by atoms with Crippen molar-refractivity contribution in [3.8, 4) is 22.4 Å². The van der Waals surface area contributed by atoms with Crippen molar-refractivity contribution in [2.45, 2.75) is 6.54 Å². The summed E-state index contributed by atoms with van der Waals surface area (Å²) in [6, 6.07) is 14.7. The fraction of sp³-hybridized carbons (Fsp3) is 0.0833. The summed E-state index contributed by atoms with van der Waals surface area (Å²) < 4.78 is 3.18. The molecule has 5 aromatic rings. The Bertz CT molecular complexity index is 1440. The third kappa shape index (κ3) is 4.67. The maximum Gasteiger partial charge on any atom is 0.267 e. The second-order valence-corrected chi connectivity index (χ2v) is 7.48. The lowest BCUT2D eigenvalue weighted by atomic mass is 10.2. The number of benzene rings is 1. The van der Waals surface area contributed by atoms with Crippen LogP contribution in [0, 0.1) is 0 Å². The predicted molar refractivity (Wildman–Crippen MR) is 125 cm³/mol.